The third-order valence-corrected chi connectivity index (χ3v) is 3.42. The SMILES string of the molecule is O=S(=O)=CS(=O)(=O)NC1CC1. The lowest BCUT2D eigenvalue weighted by atomic mass is 10.8. The molecule has 0 aromatic carbocycles. The Labute approximate surface area is 66.0 Å². The van der Waals surface area contributed by atoms with Crippen LogP contribution in [0.25, 0.3) is 0 Å². The van der Waals surface area contributed by atoms with Crippen LogP contribution in [0.1, 0.15) is 12.8 Å². The molecule has 1 saturated carbocycles. The first-order valence-electron chi connectivity index (χ1n) is 2.95. The summed E-state index contributed by atoms with van der Waals surface area (Å²) in [6.07, 6.45) is 1.58. The van der Waals surface area contributed by atoms with Crippen molar-refractivity contribution in [3.63, 3.8) is 0 Å². The van der Waals surface area contributed by atoms with Gasteiger partial charge in [-0.05, 0) is 12.8 Å². The van der Waals surface area contributed by atoms with Gasteiger partial charge in [-0.3, -0.25) is 0 Å². The summed E-state index contributed by atoms with van der Waals surface area (Å²) in [5.74, 6) is 0. The van der Waals surface area contributed by atoms with E-state index in [2.05, 4.69) is 4.72 Å². The molecule has 1 rings (SSSR count). The normalized spacial score (nSPS) is 17.8. The van der Waals surface area contributed by atoms with E-state index in [9.17, 15) is 16.8 Å². The van der Waals surface area contributed by atoms with Crippen LogP contribution in [0.15, 0.2) is 0 Å². The molecule has 0 unspecified atom stereocenters. The molecular weight excluding hydrogens is 190 g/mol. The fraction of sp³-hybridized carbons (Fsp3) is 0.750. The predicted octanol–water partition coefficient (Wildman–Crippen LogP) is -1.29. The van der Waals surface area contributed by atoms with Crippen LogP contribution in [0.4, 0.5) is 0 Å². The monoisotopic (exact) mass is 197 g/mol. The largest absolute Gasteiger partial charge is 0.248 e. The minimum Gasteiger partial charge on any atom is -0.208 e. The van der Waals surface area contributed by atoms with E-state index < -0.39 is 20.3 Å². The predicted molar refractivity (Wildman–Crippen MR) is 40.1 cm³/mol. The minimum atomic E-state index is -3.71. The van der Waals surface area contributed by atoms with Crippen molar-refractivity contribution in [3.8, 4) is 0 Å². The molecule has 1 aliphatic rings. The Morgan fingerprint density at radius 2 is 1.91 bits per heavy atom. The Hall–Kier alpha value is -0.400. The van der Waals surface area contributed by atoms with E-state index >= 15 is 0 Å². The fourth-order valence-corrected chi connectivity index (χ4v) is 2.31. The van der Waals surface area contributed by atoms with Crippen molar-refractivity contribution >= 4 is 25.0 Å². The summed E-state index contributed by atoms with van der Waals surface area (Å²) >= 11 is 0. The van der Waals surface area contributed by atoms with Gasteiger partial charge >= 0.3 is 0 Å². The zero-order valence-corrected chi connectivity index (χ0v) is 7.15. The Bertz CT molecular complexity index is 353. The maximum absolute atomic E-state index is 10.7. The number of sulfonamides is 1. The Balaban J connectivity index is 2.74. The van der Waals surface area contributed by atoms with Crippen molar-refractivity contribution in [2.24, 2.45) is 0 Å². The molecule has 1 fully saturated rings. The molecule has 0 spiro atoms. The maximum atomic E-state index is 10.7. The van der Waals surface area contributed by atoms with Gasteiger partial charge < -0.3 is 0 Å². The first kappa shape index (κ1) is 8.69. The van der Waals surface area contributed by atoms with E-state index in [1.165, 1.54) is 0 Å². The Morgan fingerprint density at radius 1 is 1.36 bits per heavy atom. The molecule has 11 heavy (non-hydrogen) atoms. The zero-order valence-electron chi connectivity index (χ0n) is 5.52. The van der Waals surface area contributed by atoms with Gasteiger partial charge in [-0.15, -0.1) is 0 Å². The van der Waals surface area contributed by atoms with Crippen LogP contribution in [0, 0.1) is 0 Å². The molecule has 0 bridgehead atoms. The lowest BCUT2D eigenvalue weighted by Gasteiger charge is -1.94. The molecule has 0 aromatic heterocycles. The number of rotatable bonds is 3. The second kappa shape index (κ2) is 2.92. The van der Waals surface area contributed by atoms with Crippen LogP contribution in [0.3, 0.4) is 0 Å². The highest BCUT2D eigenvalue weighted by Crippen LogP contribution is 2.19. The summed E-state index contributed by atoms with van der Waals surface area (Å²) in [6, 6.07) is -0.0557. The maximum Gasteiger partial charge on any atom is 0.248 e. The average molecular weight is 197 g/mol. The van der Waals surface area contributed by atoms with Crippen molar-refractivity contribution in [2.45, 2.75) is 18.9 Å². The van der Waals surface area contributed by atoms with Gasteiger partial charge in [0.25, 0.3) is 0 Å². The lowest BCUT2D eigenvalue weighted by Crippen LogP contribution is -2.26. The molecule has 0 atom stereocenters. The first-order valence-corrected chi connectivity index (χ1v) is 5.63. The minimum absolute atomic E-state index is 0.0557. The van der Waals surface area contributed by atoms with Gasteiger partial charge in [0.1, 0.15) is 0 Å². The van der Waals surface area contributed by atoms with Gasteiger partial charge in [0.05, 0.1) is 0 Å². The van der Waals surface area contributed by atoms with Crippen LogP contribution in [0.5, 0.6) is 0 Å². The van der Waals surface area contributed by atoms with Crippen molar-refractivity contribution < 1.29 is 16.8 Å². The van der Waals surface area contributed by atoms with Gasteiger partial charge in [-0.2, -0.15) is 8.42 Å². The molecule has 5 nitrogen and oxygen atoms in total. The molecule has 1 N–H and O–H groups in total. The van der Waals surface area contributed by atoms with E-state index in [1.54, 1.807) is 0 Å². The molecule has 0 radical (unpaired) electrons. The average Bonchev–Trinajstić information content (AvgIpc) is 2.43. The Kier molecular flexibility index (Phi) is 2.31. The van der Waals surface area contributed by atoms with Crippen LogP contribution < -0.4 is 4.72 Å². The second-order valence-electron chi connectivity index (χ2n) is 2.29. The first-order chi connectivity index (χ1) is 4.99. The highest BCUT2D eigenvalue weighted by Gasteiger charge is 2.25. The van der Waals surface area contributed by atoms with E-state index in [4.69, 9.17) is 0 Å². The lowest BCUT2D eigenvalue weighted by molar-refractivity contribution is 0.594. The van der Waals surface area contributed by atoms with Crippen molar-refractivity contribution in [1.82, 2.24) is 4.72 Å². The molecule has 0 saturated heterocycles. The topological polar surface area (TPSA) is 80.3 Å². The number of hydrogen-bond acceptors (Lipinski definition) is 4. The van der Waals surface area contributed by atoms with Crippen LogP contribution in [-0.2, 0) is 20.3 Å². The highest BCUT2D eigenvalue weighted by atomic mass is 32.2. The summed E-state index contributed by atoms with van der Waals surface area (Å²) in [4.78, 5) is 0. The van der Waals surface area contributed by atoms with Crippen LogP contribution in [-0.4, -0.2) is 27.6 Å². The molecule has 64 valence electrons. The van der Waals surface area contributed by atoms with Gasteiger partial charge in [0, 0.05) is 6.04 Å². The fourth-order valence-electron chi connectivity index (χ4n) is 0.565. The van der Waals surface area contributed by atoms with Crippen molar-refractivity contribution in [3.05, 3.63) is 0 Å². The molecule has 0 aromatic rings. The number of nitrogens with one attached hydrogen (secondary N) is 1. The molecule has 0 heterocycles. The quantitative estimate of drug-likeness (QED) is 0.571. The van der Waals surface area contributed by atoms with Gasteiger partial charge in [0.2, 0.25) is 20.3 Å². The second-order valence-corrected chi connectivity index (χ2v) is 4.91. The van der Waals surface area contributed by atoms with Gasteiger partial charge in [0.15, 0.2) is 4.70 Å². The zero-order chi connectivity index (χ0) is 8.48. The van der Waals surface area contributed by atoms with E-state index in [1.807, 2.05) is 0 Å². The van der Waals surface area contributed by atoms with Gasteiger partial charge in [-0.1, -0.05) is 0 Å². The third kappa shape index (κ3) is 3.49. The van der Waals surface area contributed by atoms with Gasteiger partial charge in [-0.25, -0.2) is 13.1 Å². The molecule has 0 amide bonds. The summed E-state index contributed by atoms with van der Waals surface area (Å²) in [7, 11) is -6.35. The van der Waals surface area contributed by atoms with Crippen LogP contribution >= 0.6 is 0 Å². The summed E-state index contributed by atoms with van der Waals surface area (Å²) in [5.41, 5.74) is 0. The molecule has 7 heteroatoms. The van der Waals surface area contributed by atoms with Crippen molar-refractivity contribution in [2.75, 3.05) is 0 Å². The summed E-state index contributed by atoms with van der Waals surface area (Å²) < 4.78 is 43.8. The third-order valence-electron chi connectivity index (χ3n) is 1.11. The van der Waals surface area contributed by atoms with E-state index in [0.29, 0.717) is 0 Å². The summed E-state index contributed by atoms with van der Waals surface area (Å²) in [5, 5.41) is 0. The van der Waals surface area contributed by atoms with E-state index in [-0.39, 0.29) is 10.7 Å². The molecule has 1 aliphatic carbocycles. The smallest absolute Gasteiger partial charge is 0.208 e. The highest BCUT2D eigenvalue weighted by molar-refractivity contribution is 8.11. The molecular formula is C4H7NO4S2. The summed E-state index contributed by atoms with van der Waals surface area (Å²) in [6.45, 7) is 0. The standard InChI is InChI=1S/C4H7NO4S2/c6-10(7)3-11(8,9)5-4-1-2-4/h3-5H,1-2H2. The number of hydrogen-bond donors (Lipinski definition) is 1. The van der Waals surface area contributed by atoms with E-state index in [0.717, 1.165) is 12.8 Å². The Morgan fingerprint density at radius 3 is 2.27 bits per heavy atom. The van der Waals surface area contributed by atoms with Crippen molar-refractivity contribution in [1.29, 1.82) is 0 Å². The van der Waals surface area contributed by atoms with Crippen LogP contribution in [0.2, 0.25) is 0 Å². The molecule has 0 aliphatic heterocycles.